The van der Waals surface area contributed by atoms with E-state index in [-0.39, 0.29) is 12.1 Å². The molecule has 0 saturated heterocycles. The van der Waals surface area contributed by atoms with Gasteiger partial charge in [0.25, 0.3) is 0 Å². The number of rotatable bonds is 5. The molecule has 0 aromatic heterocycles. The van der Waals surface area contributed by atoms with Crippen LogP contribution in [0.4, 0.5) is 10.1 Å². The van der Waals surface area contributed by atoms with E-state index in [1.165, 1.54) is 23.9 Å². The van der Waals surface area contributed by atoms with Gasteiger partial charge in [-0.05, 0) is 18.2 Å². The van der Waals surface area contributed by atoms with Crippen molar-refractivity contribution in [2.75, 3.05) is 11.5 Å². The molecule has 0 heterocycles. The van der Waals surface area contributed by atoms with E-state index in [4.69, 9.17) is 11.6 Å². The molecule has 1 rings (SSSR count). The van der Waals surface area contributed by atoms with Crippen molar-refractivity contribution in [2.24, 2.45) is 5.84 Å². The predicted octanol–water partition coefficient (Wildman–Crippen LogP) is 0.812. The molecule has 0 aliphatic carbocycles. The zero-order valence-electron chi connectivity index (χ0n) is 8.40. The van der Waals surface area contributed by atoms with E-state index in [0.29, 0.717) is 10.6 Å². The van der Waals surface area contributed by atoms with Crippen LogP contribution < -0.4 is 17.2 Å². The largest absolute Gasteiger partial charge is 0.396 e. The number of nitrogens with two attached hydrogens (primary N) is 2. The first-order chi connectivity index (χ1) is 7.63. The summed E-state index contributed by atoms with van der Waals surface area (Å²) in [5, 5.41) is 0. The Kier molecular flexibility index (Phi) is 5.03. The standard InChI is InChI=1S/C9H12FN3O2S/c10-7-5-6(1-2-8(7)11)16-4-3-9(14)15-13-12/h1-2,5,13H,3-4,11-12H2. The molecule has 88 valence electrons. The highest BCUT2D eigenvalue weighted by Gasteiger charge is 2.04. The lowest BCUT2D eigenvalue weighted by molar-refractivity contribution is -0.150. The minimum absolute atomic E-state index is 0.107. The first-order valence-electron chi connectivity index (χ1n) is 4.46. The van der Waals surface area contributed by atoms with Crippen molar-refractivity contribution in [3.05, 3.63) is 24.0 Å². The number of nitrogen functional groups attached to an aromatic ring is 1. The van der Waals surface area contributed by atoms with Crippen LogP contribution in [0.25, 0.3) is 0 Å². The summed E-state index contributed by atoms with van der Waals surface area (Å²) < 4.78 is 13.0. The normalized spacial score (nSPS) is 10.1. The van der Waals surface area contributed by atoms with Crippen molar-refractivity contribution in [1.82, 2.24) is 5.59 Å². The average Bonchev–Trinajstić information content (AvgIpc) is 2.24. The summed E-state index contributed by atoms with van der Waals surface area (Å²) in [5.74, 6) is 4.33. The molecule has 0 aliphatic heterocycles. The molecule has 0 aliphatic rings. The maximum atomic E-state index is 13.0. The zero-order valence-corrected chi connectivity index (χ0v) is 9.22. The highest BCUT2D eigenvalue weighted by Crippen LogP contribution is 2.22. The minimum atomic E-state index is -0.467. The SMILES string of the molecule is NNOC(=O)CCSc1ccc(N)c(F)c1. The summed E-state index contributed by atoms with van der Waals surface area (Å²) in [7, 11) is 0. The van der Waals surface area contributed by atoms with Gasteiger partial charge in [-0.15, -0.1) is 11.8 Å². The summed E-state index contributed by atoms with van der Waals surface area (Å²) in [5.41, 5.74) is 7.23. The number of thioether (sulfide) groups is 1. The fourth-order valence-electron chi connectivity index (χ4n) is 0.967. The lowest BCUT2D eigenvalue weighted by atomic mass is 10.3. The van der Waals surface area contributed by atoms with Gasteiger partial charge in [0.05, 0.1) is 12.1 Å². The molecule has 0 fully saturated rings. The number of hydrogen-bond acceptors (Lipinski definition) is 6. The lowest BCUT2D eigenvalue weighted by Gasteiger charge is -2.03. The van der Waals surface area contributed by atoms with E-state index < -0.39 is 11.8 Å². The van der Waals surface area contributed by atoms with Crippen LogP contribution in [0, 0.1) is 5.82 Å². The van der Waals surface area contributed by atoms with E-state index in [2.05, 4.69) is 4.84 Å². The quantitative estimate of drug-likeness (QED) is 0.308. The first kappa shape index (κ1) is 12.8. The van der Waals surface area contributed by atoms with E-state index >= 15 is 0 Å². The van der Waals surface area contributed by atoms with Crippen molar-refractivity contribution < 1.29 is 14.0 Å². The third kappa shape index (κ3) is 4.05. The molecule has 0 amide bonds. The second-order valence-corrected chi connectivity index (χ2v) is 4.04. The number of hydrazine groups is 1. The molecular formula is C9H12FN3O2S. The molecule has 0 saturated carbocycles. The third-order valence-electron chi connectivity index (χ3n) is 1.72. The molecule has 5 N–H and O–H groups in total. The number of halogens is 1. The Bertz CT molecular complexity index is 376. The van der Waals surface area contributed by atoms with Crippen LogP contribution in [0.5, 0.6) is 0 Å². The molecule has 5 nitrogen and oxygen atoms in total. The summed E-state index contributed by atoms with van der Waals surface area (Å²) >= 11 is 1.33. The van der Waals surface area contributed by atoms with Gasteiger partial charge in [0, 0.05) is 10.6 Å². The van der Waals surface area contributed by atoms with Gasteiger partial charge in [-0.3, -0.25) is 4.79 Å². The molecule has 0 spiro atoms. The number of nitrogens with one attached hydrogen (secondary N) is 1. The third-order valence-corrected chi connectivity index (χ3v) is 2.72. The smallest absolute Gasteiger partial charge is 0.327 e. The van der Waals surface area contributed by atoms with Gasteiger partial charge in [-0.25, -0.2) is 10.2 Å². The Balaban J connectivity index is 2.37. The van der Waals surface area contributed by atoms with Gasteiger partial charge >= 0.3 is 5.97 Å². The average molecular weight is 245 g/mol. The van der Waals surface area contributed by atoms with Crippen LogP contribution in [-0.2, 0) is 9.63 Å². The summed E-state index contributed by atoms with van der Waals surface area (Å²) in [4.78, 5) is 15.9. The number of carbonyl (C=O) groups excluding carboxylic acids is 1. The van der Waals surface area contributed by atoms with E-state index in [0.717, 1.165) is 0 Å². The first-order valence-corrected chi connectivity index (χ1v) is 5.45. The highest BCUT2D eigenvalue weighted by molar-refractivity contribution is 7.99. The van der Waals surface area contributed by atoms with Gasteiger partial charge in [-0.1, -0.05) is 5.59 Å². The topological polar surface area (TPSA) is 90.4 Å². The molecular weight excluding hydrogens is 233 g/mol. The number of hydrogen-bond donors (Lipinski definition) is 3. The van der Waals surface area contributed by atoms with E-state index in [1.807, 2.05) is 0 Å². The Hall–Kier alpha value is -1.31. The number of benzene rings is 1. The lowest BCUT2D eigenvalue weighted by Crippen LogP contribution is -2.26. The zero-order chi connectivity index (χ0) is 12.0. The monoisotopic (exact) mass is 245 g/mol. The van der Waals surface area contributed by atoms with Crippen molar-refractivity contribution in [2.45, 2.75) is 11.3 Å². The van der Waals surface area contributed by atoms with E-state index in [9.17, 15) is 9.18 Å². The fourth-order valence-corrected chi connectivity index (χ4v) is 1.82. The van der Waals surface area contributed by atoms with Crippen molar-refractivity contribution >= 4 is 23.4 Å². The summed E-state index contributed by atoms with van der Waals surface area (Å²) in [6.45, 7) is 0. The highest BCUT2D eigenvalue weighted by atomic mass is 32.2. The minimum Gasteiger partial charge on any atom is -0.396 e. The summed E-state index contributed by atoms with van der Waals surface area (Å²) in [6, 6.07) is 4.50. The van der Waals surface area contributed by atoms with Gasteiger partial charge in [0.1, 0.15) is 5.82 Å². The Labute approximate surface area is 96.2 Å². The van der Waals surface area contributed by atoms with Gasteiger partial charge in [0.15, 0.2) is 0 Å². The van der Waals surface area contributed by atoms with Crippen LogP contribution >= 0.6 is 11.8 Å². The second-order valence-electron chi connectivity index (χ2n) is 2.87. The molecule has 1 aromatic carbocycles. The molecule has 0 unspecified atom stereocenters. The van der Waals surface area contributed by atoms with Crippen LogP contribution in [0.1, 0.15) is 6.42 Å². The maximum Gasteiger partial charge on any atom is 0.327 e. The van der Waals surface area contributed by atoms with Crippen molar-refractivity contribution in [3.63, 3.8) is 0 Å². The maximum absolute atomic E-state index is 13.0. The van der Waals surface area contributed by atoms with Gasteiger partial charge in [-0.2, -0.15) is 0 Å². The molecule has 7 heteroatoms. The van der Waals surface area contributed by atoms with Gasteiger partial charge < -0.3 is 10.6 Å². The van der Waals surface area contributed by atoms with Crippen molar-refractivity contribution in [3.8, 4) is 0 Å². The number of carbonyl (C=O) groups is 1. The van der Waals surface area contributed by atoms with Crippen LogP contribution in [-0.4, -0.2) is 11.7 Å². The summed E-state index contributed by atoms with van der Waals surface area (Å²) in [6.07, 6.45) is 0.181. The Morgan fingerprint density at radius 2 is 2.31 bits per heavy atom. The van der Waals surface area contributed by atoms with Crippen molar-refractivity contribution in [1.29, 1.82) is 0 Å². The van der Waals surface area contributed by atoms with Gasteiger partial charge in [0.2, 0.25) is 0 Å². The predicted molar refractivity (Wildman–Crippen MR) is 59.6 cm³/mol. The molecule has 0 bridgehead atoms. The molecule has 16 heavy (non-hydrogen) atoms. The van der Waals surface area contributed by atoms with Crippen LogP contribution in [0.3, 0.4) is 0 Å². The second kappa shape index (κ2) is 6.31. The van der Waals surface area contributed by atoms with E-state index in [1.54, 1.807) is 11.7 Å². The number of anilines is 1. The Morgan fingerprint density at radius 1 is 1.56 bits per heavy atom. The molecule has 0 atom stereocenters. The Morgan fingerprint density at radius 3 is 2.94 bits per heavy atom. The molecule has 1 aromatic rings. The van der Waals surface area contributed by atoms with Crippen LogP contribution in [0.2, 0.25) is 0 Å². The molecule has 0 radical (unpaired) electrons. The van der Waals surface area contributed by atoms with Crippen LogP contribution in [0.15, 0.2) is 23.1 Å². The fraction of sp³-hybridized carbons (Fsp3) is 0.222.